The average molecular weight is 228 g/mol. The van der Waals surface area contributed by atoms with Crippen molar-refractivity contribution in [2.75, 3.05) is 6.54 Å². The standard InChI is InChI=1S/C14H16N2O/c15-9-3-6-11-4-1-2-5-13(11)10-16-14(17)12-7-8-12/h1-2,4-5,12H,7-10,15H2,(H,16,17). The lowest BCUT2D eigenvalue weighted by atomic mass is 10.1. The highest BCUT2D eigenvalue weighted by atomic mass is 16.2. The van der Waals surface area contributed by atoms with Gasteiger partial charge >= 0.3 is 0 Å². The highest BCUT2D eigenvalue weighted by Gasteiger charge is 2.29. The highest BCUT2D eigenvalue weighted by molar-refractivity contribution is 5.80. The van der Waals surface area contributed by atoms with Crippen LogP contribution >= 0.6 is 0 Å². The van der Waals surface area contributed by atoms with Crippen molar-refractivity contribution >= 4 is 5.91 Å². The molecule has 1 fully saturated rings. The van der Waals surface area contributed by atoms with Crippen molar-refractivity contribution in [2.24, 2.45) is 11.7 Å². The Morgan fingerprint density at radius 3 is 2.88 bits per heavy atom. The molecule has 0 radical (unpaired) electrons. The van der Waals surface area contributed by atoms with Gasteiger partial charge in [0.05, 0.1) is 6.54 Å². The maximum Gasteiger partial charge on any atom is 0.223 e. The normalized spacial score (nSPS) is 13.7. The van der Waals surface area contributed by atoms with Crippen LogP contribution in [-0.2, 0) is 11.3 Å². The second kappa shape index (κ2) is 5.51. The fourth-order valence-electron chi connectivity index (χ4n) is 1.61. The Kier molecular flexibility index (Phi) is 3.79. The monoisotopic (exact) mass is 228 g/mol. The quantitative estimate of drug-likeness (QED) is 0.759. The molecule has 0 heterocycles. The van der Waals surface area contributed by atoms with Crippen LogP contribution in [0.5, 0.6) is 0 Å². The summed E-state index contributed by atoms with van der Waals surface area (Å²) in [6, 6.07) is 7.81. The van der Waals surface area contributed by atoms with E-state index in [0.29, 0.717) is 13.1 Å². The van der Waals surface area contributed by atoms with E-state index >= 15 is 0 Å². The number of amides is 1. The molecule has 2 rings (SSSR count). The van der Waals surface area contributed by atoms with Gasteiger partial charge in [-0.2, -0.15) is 0 Å². The van der Waals surface area contributed by atoms with Crippen molar-refractivity contribution in [1.29, 1.82) is 0 Å². The average Bonchev–Trinajstić information content (AvgIpc) is 3.18. The molecular formula is C14H16N2O. The van der Waals surface area contributed by atoms with Gasteiger partial charge < -0.3 is 11.1 Å². The summed E-state index contributed by atoms with van der Waals surface area (Å²) in [5.74, 6) is 6.25. The van der Waals surface area contributed by atoms with Crippen LogP contribution in [0.3, 0.4) is 0 Å². The molecule has 1 saturated carbocycles. The lowest BCUT2D eigenvalue weighted by molar-refractivity contribution is -0.122. The smallest absolute Gasteiger partial charge is 0.223 e. The van der Waals surface area contributed by atoms with Crippen molar-refractivity contribution in [2.45, 2.75) is 19.4 Å². The lowest BCUT2D eigenvalue weighted by Crippen LogP contribution is -2.24. The van der Waals surface area contributed by atoms with Crippen molar-refractivity contribution in [3.8, 4) is 11.8 Å². The maximum atomic E-state index is 11.5. The molecule has 1 aromatic rings. The van der Waals surface area contributed by atoms with Gasteiger partial charge in [0.1, 0.15) is 0 Å². The number of hydrogen-bond donors (Lipinski definition) is 2. The van der Waals surface area contributed by atoms with Crippen LogP contribution < -0.4 is 11.1 Å². The first-order valence-corrected chi connectivity index (χ1v) is 5.86. The molecule has 0 atom stereocenters. The number of benzene rings is 1. The third-order valence-corrected chi connectivity index (χ3v) is 2.74. The third kappa shape index (κ3) is 3.33. The predicted octanol–water partition coefficient (Wildman–Crippen LogP) is 1.02. The molecule has 0 spiro atoms. The fraction of sp³-hybridized carbons (Fsp3) is 0.357. The molecule has 3 nitrogen and oxygen atoms in total. The molecular weight excluding hydrogens is 212 g/mol. The molecule has 88 valence electrons. The highest BCUT2D eigenvalue weighted by Crippen LogP contribution is 2.28. The Morgan fingerprint density at radius 1 is 1.41 bits per heavy atom. The Bertz CT molecular complexity index is 467. The summed E-state index contributed by atoms with van der Waals surface area (Å²) in [6.45, 7) is 0.896. The van der Waals surface area contributed by atoms with Gasteiger partial charge in [0.2, 0.25) is 5.91 Å². The number of carbonyl (C=O) groups excluding carboxylic acids is 1. The van der Waals surface area contributed by atoms with E-state index in [9.17, 15) is 4.79 Å². The zero-order valence-corrected chi connectivity index (χ0v) is 9.70. The van der Waals surface area contributed by atoms with Gasteiger partial charge in [-0.15, -0.1) is 0 Å². The van der Waals surface area contributed by atoms with Crippen LogP contribution in [0.15, 0.2) is 24.3 Å². The van der Waals surface area contributed by atoms with Gasteiger partial charge in [-0.1, -0.05) is 30.0 Å². The molecule has 3 heteroatoms. The number of nitrogens with two attached hydrogens (primary N) is 1. The minimum Gasteiger partial charge on any atom is -0.352 e. The van der Waals surface area contributed by atoms with Crippen molar-refractivity contribution in [3.05, 3.63) is 35.4 Å². The maximum absolute atomic E-state index is 11.5. The summed E-state index contributed by atoms with van der Waals surface area (Å²) in [7, 11) is 0. The summed E-state index contributed by atoms with van der Waals surface area (Å²) < 4.78 is 0. The molecule has 1 aliphatic carbocycles. The molecule has 0 aromatic heterocycles. The van der Waals surface area contributed by atoms with Gasteiger partial charge in [-0.05, 0) is 24.5 Å². The van der Waals surface area contributed by atoms with E-state index in [1.54, 1.807) is 0 Å². The van der Waals surface area contributed by atoms with Crippen LogP contribution in [0.4, 0.5) is 0 Å². The number of hydrogen-bond acceptors (Lipinski definition) is 2. The second-order valence-electron chi connectivity index (χ2n) is 4.16. The van der Waals surface area contributed by atoms with Gasteiger partial charge in [0.15, 0.2) is 0 Å². The van der Waals surface area contributed by atoms with Crippen molar-refractivity contribution in [3.63, 3.8) is 0 Å². The molecule has 1 aliphatic rings. The Hall–Kier alpha value is -1.79. The fourth-order valence-corrected chi connectivity index (χ4v) is 1.61. The number of rotatable bonds is 3. The van der Waals surface area contributed by atoms with Gasteiger partial charge in [0, 0.05) is 18.0 Å². The summed E-state index contributed by atoms with van der Waals surface area (Å²) in [4.78, 5) is 11.5. The molecule has 0 aliphatic heterocycles. The van der Waals surface area contributed by atoms with Gasteiger partial charge in [-0.25, -0.2) is 0 Å². The number of carbonyl (C=O) groups is 1. The first kappa shape index (κ1) is 11.7. The zero-order chi connectivity index (χ0) is 12.1. The predicted molar refractivity (Wildman–Crippen MR) is 66.9 cm³/mol. The third-order valence-electron chi connectivity index (χ3n) is 2.74. The van der Waals surface area contributed by atoms with Crippen LogP contribution in [0, 0.1) is 17.8 Å². The second-order valence-corrected chi connectivity index (χ2v) is 4.16. The molecule has 17 heavy (non-hydrogen) atoms. The molecule has 1 aromatic carbocycles. The van der Waals surface area contributed by atoms with E-state index in [1.165, 1.54) is 0 Å². The van der Waals surface area contributed by atoms with E-state index in [0.717, 1.165) is 24.0 Å². The molecule has 3 N–H and O–H groups in total. The first-order chi connectivity index (χ1) is 8.31. The van der Waals surface area contributed by atoms with Crippen LogP contribution in [0.1, 0.15) is 24.0 Å². The van der Waals surface area contributed by atoms with Crippen LogP contribution in [0.2, 0.25) is 0 Å². The Balaban J connectivity index is 2.01. The minimum absolute atomic E-state index is 0.159. The Morgan fingerprint density at radius 2 is 2.18 bits per heavy atom. The van der Waals surface area contributed by atoms with E-state index in [4.69, 9.17) is 5.73 Å². The summed E-state index contributed by atoms with van der Waals surface area (Å²) in [5.41, 5.74) is 7.34. The van der Waals surface area contributed by atoms with E-state index in [-0.39, 0.29) is 11.8 Å². The minimum atomic E-state index is 0.159. The lowest BCUT2D eigenvalue weighted by Gasteiger charge is -2.06. The first-order valence-electron chi connectivity index (χ1n) is 5.86. The number of nitrogens with one attached hydrogen (secondary N) is 1. The SMILES string of the molecule is NCC#Cc1ccccc1CNC(=O)C1CC1. The molecule has 0 saturated heterocycles. The van der Waals surface area contributed by atoms with Gasteiger partial charge in [0.25, 0.3) is 0 Å². The summed E-state index contributed by atoms with van der Waals surface area (Å²) >= 11 is 0. The molecule has 0 unspecified atom stereocenters. The topological polar surface area (TPSA) is 55.1 Å². The zero-order valence-electron chi connectivity index (χ0n) is 9.70. The van der Waals surface area contributed by atoms with Crippen molar-refractivity contribution < 1.29 is 4.79 Å². The van der Waals surface area contributed by atoms with E-state index in [2.05, 4.69) is 17.2 Å². The van der Waals surface area contributed by atoms with Crippen LogP contribution in [-0.4, -0.2) is 12.5 Å². The van der Waals surface area contributed by atoms with E-state index < -0.39 is 0 Å². The van der Waals surface area contributed by atoms with Crippen molar-refractivity contribution in [1.82, 2.24) is 5.32 Å². The largest absolute Gasteiger partial charge is 0.352 e. The van der Waals surface area contributed by atoms with E-state index in [1.807, 2.05) is 24.3 Å². The Labute approximate surface area is 101 Å². The molecule has 1 amide bonds. The molecule has 0 bridgehead atoms. The van der Waals surface area contributed by atoms with Gasteiger partial charge in [-0.3, -0.25) is 4.79 Å². The summed E-state index contributed by atoms with van der Waals surface area (Å²) in [6.07, 6.45) is 2.06. The van der Waals surface area contributed by atoms with Crippen LogP contribution in [0.25, 0.3) is 0 Å². The summed E-state index contributed by atoms with van der Waals surface area (Å²) in [5, 5.41) is 2.94.